The minimum atomic E-state index is -0.794. The number of nitrogens with zero attached hydrogens (tertiary/aromatic N) is 3. The Morgan fingerprint density at radius 3 is 2.81 bits per heavy atom. The summed E-state index contributed by atoms with van der Waals surface area (Å²) in [6.07, 6.45) is 3.35. The van der Waals surface area contributed by atoms with Gasteiger partial charge in [-0.05, 0) is 18.9 Å². The maximum atomic E-state index is 13.9. The summed E-state index contributed by atoms with van der Waals surface area (Å²) in [6, 6.07) is 3.35. The fourth-order valence-corrected chi connectivity index (χ4v) is 5.00. The molecule has 2 atom stereocenters. The second-order valence-electron chi connectivity index (χ2n) is 8.30. The van der Waals surface area contributed by atoms with E-state index in [1.165, 1.54) is 19.4 Å². The van der Waals surface area contributed by atoms with Crippen molar-refractivity contribution in [2.24, 2.45) is 0 Å². The molecule has 4 heterocycles. The molecule has 0 bridgehead atoms. The number of carbonyl (C=O) groups excluding carboxylic acids is 2. The molecule has 8 nitrogen and oxygen atoms in total. The number of carbonyl (C=O) groups is 2. The standard InChI is InChI=1S/C22H22F2N4O4/c1-32-20-18-22(31)28-9-14-3-2-6-27(14)17(28)11-26(18)10-15(19(20)29)21(30)25-8-12-4-5-13(23)7-16(12)24/h4-5,7,10,14,17H,2-3,6,8-9,11H2,1H3,(H,25,30). The second-order valence-corrected chi connectivity index (χ2v) is 8.30. The third kappa shape index (κ3) is 3.17. The number of nitrogens with one attached hydrogen (secondary N) is 1. The Labute approximate surface area is 182 Å². The first-order chi connectivity index (χ1) is 15.4. The van der Waals surface area contributed by atoms with Gasteiger partial charge in [-0.2, -0.15) is 0 Å². The molecule has 2 amide bonds. The Kier molecular flexibility index (Phi) is 4.96. The number of amides is 2. The largest absolute Gasteiger partial charge is 0.491 e. The molecule has 3 aliphatic rings. The second kappa shape index (κ2) is 7.70. The van der Waals surface area contributed by atoms with Gasteiger partial charge in [0.25, 0.3) is 11.8 Å². The maximum absolute atomic E-state index is 13.9. The summed E-state index contributed by atoms with van der Waals surface area (Å²) < 4.78 is 33.8. The van der Waals surface area contributed by atoms with E-state index in [4.69, 9.17) is 4.74 Å². The molecule has 32 heavy (non-hydrogen) atoms. The highest BCUT2D eigenvalue weighted by Crippen LogP contribution is 2.35. The highest BCUT2D eigenvalue weighted by Gasteiger charge is 2.48. The SMILES string of the molecule is COc1c2n(cc(C(=O)NCc3ccc(F)cc3F)c1=O)CC1N(CC3CCCN31)C2=O. The topological polar surface area (TPSA) is 83.9 Å². The van der Waals surface area contributed by atoms with Crippen molar-refractivity contribution >= 4 is 11.8 Å². The van der Waals surface area contributed by atoms with Crippen molar-refractivity contribution in [1.82, 2.24) is 19.7 Å². The first-order valence-corrected chi connectivity index (χ1v) is 10.5. The Morgan fingerprint density at radius 1 is 1.25 bits per heavy atom. The van der Waals surface area contributed by atoms with Gasteiger partial charge in [0.15, 0.2) is 11.4 Å². The van der Waals surface area contributed by atoms with E-state index in [0.717, 1.165) is 31.5 Å². The van der Waals surface area contributed by atoms with Crippen LogP contribution in [0.5, 0.6) is 5.75 Å². The zero-order chi connectivity index (χ0) is 22.6. The molecule has 2 fully saturated rings. The molecule has 0 aliphatic carbocycles. The summed E-state index contributed by atoms with van der Waals surface area (Å²) in [5.74, 6) is -2.71. The van der Waals surface area contributed by atoms with E-state index in [9.17, 15) is 23.2 Å². The summed E-state index contributed by atoms with van der Waals surface area (Å²) >= 11 is 0. The van der Waals surface area contributed by atoms with Gasteiger partial charge in [0, 0.05) is 43.5 Å². The third-order valence-electron chi connectivity index (χ3n) is 6.54. The van der Waals surface area contributed by atoms with E-state index < -0.39 is 23.0 Å². The molecular weight excluding hydrogens is 422 g/mol. The molecule has 10 heteroatoms. The van der Waals surface area contributed by atoms with E-state index in [-0.39, 0.29) is 41.2 Å². The Hall–Kier alpha value is -3.27. The molecule has 1 N–H and O–H groups in total. The normalized spacial score (nSPS) is 21.8. The van der Waals surface area contributed by atoms with Gasteiger partial charge in [0.05, 0.1) is 13.7 Å². The Morgan fingerprint density at radius 2 is 2.06 bits per heavy atom. The highest BCUT2D eigenvalue weighted by atomic mass is 19.1. The smallest absolute Gasteiger partial charge is 0.275 e. The summed E-state index contributed by atoms with van der Waals surface area (Å²) in [6.45, 7) is 1.72. The van der Waals surface area contributed by atoms with Crippen molar-refractivity contribution in [2.75, 3.05) is 20.2 Å². The van der Waals surface area contributed by atoms with Crippen LogP contribution in [0.3, 0.4) is 0 Å². The van der Waals surface area contributed by atoms with Gasteiger partial charge in [-0.15, -0.1) is 0 Å². The highest BCUT2D eigenvalue weighted by molar-refractivity contribution is 5.99. The number of pyridine rings is 1. The van der Waals surface area contributed by atoms with Crippen LogP contribution in [-0.2, 0) is 13.1 Å². The molecule has 2 saturated heterocycles. The Bertz CT molecular complexity index is 1180. The lowest BCUT2D eigenvalue weighted by Gasteiger charge is -2.36. The average Bonchev–Trinajstić information content (AvgIpc) is 3.35. The van der Waals surface area contributed by atoms with Gasteiger partial charge in [-0.3, -0.25) is 19.3 Å². The van der Waals surface area contributed by atoms with Crippen LogP contribution in [0.15, 0.2) is 29.2 Å². The molecule has 0 saturated carbocycles. The van der Waals surface area contributed by atoms with Crippen molar-refractivity contribution < 1.29 is 23.1 Å². The molecule has 1 aromatic carbocycles. The number of fused-ring (bicyclic) bond motifs is 4. The molecule has 2 aromatic rings. The number of halogens is 2. The first-order valence-electron chi connectivity index (χ1n) is 10.5. The van der Waals surface area contributed by atoms with Gasteiger partial charge >= 0.3 is 0 Å². The summed E-state index contributed by atoms with van der Waals surface area (Å²) in [7, 11) is 1.29. The average molecular weight is 444 g/mol. The fraction of sp³-hybridized carbons (Fsp3) is 0.409. The molecular formula is C22H22F2N4O4. The maximum Gasteiger partial charge on any atom is 0.275 e. The number of aromatic nitrogens is 1. The lowest BCUT2D eigenvalue weighted by atomic mass is 10.1. The van der Waals surface area contributed by atoms with Gasteiger partial charge in [-0.1, -0.05) is 6.07 Å². The molecule has 0 radical (unpaired) electrons. The predicted octanol–water partition coefficient (Wildman–Crippen LogP) is 1.32. The van der Waals surface area contributed by atoms with Crippen LogP contribution >= 0.6 is 0 Å². The van der Waals surface area contributed by atoms with Crippen LogP contribution in [-0.4, -0.2) is 58.6 Å². The lowest BCUT2D eigenvalue weighted by molar-refractivity contribution is 0.0513. The van der Waals surface area contributed by atoms with Gasteiger partial charge < -0.3 is 19.5 Å². The van der Waals surface area contributed by atoms with E-state index in [1.54, 1.807) is 9.47 Å². The minimum Gasteiger partial charge on any atom is -0.491 e. The molecule has 3 aliphatic heterocycles. The van der Waals surface area contributed by atoms with Crippen molar-refractivity contribution in [1.29, 1.82) is 0 Å². The number of rotatable bonds is 4. The molecule has 5 rings (SSSR count). The molecule has 2 unspecified atom stereocenters. The number of hydrogen-bond acceptors (Lipinski definition) is 5. The summed E-state index contributed by atoms with van der Waals surface area (Å²) in [5.41, 5.74) is -0.689. The fourth-order valence-electron chi connectivity index (χ4n) is 5.00. The van der Waals surface area contributed by atoms with Gasteiger partial charge in [-0.25, -0.2) is 8.78 Å². The van der Waals surface area contributed by atoms with Crippen LogP contribution in [0.2, 0.25) is 0 Å². The van der Waals surface area contributed by atoms with Gasteiger partial charge in [0.1, 0.15) is 23.4 Å². The van der Waals surface area contributed by atoms with Crippen molar-refractivity contribution in [3.8, 4) is 5.75 Å². The number of ether oxygens (including phenoxy) is 1. The van der Waals surface area contributed by atoms with Crippen LogP contribution in [0.25, 0.3) is 0 Å². The van der Waals surface area contributed by atoms with Crippen molar-refractivity contribution in [3.05, 3.63) is 63.1 Å². The van der Waals surface area contributed by atoms with Crippen LogP contribution in [0, 0.1) is 11.6 Å². The third-order valence-corrected chi connectivity index (χ3v) is 6.54. The Balaban J connectivity index is 1.46. The minimum absolute atomic E-state index is 0.0848. The quantitative estimate of drug-likeness (QED) is 0.769. The van der Waals surface area contributed by atoms with Crippen LogP contribution < -0.4 is 15.5 Å². The molecule has 1 aromatic heterocycles. The van der Waals surface area contributed by atoms with E-state index in [0.29, 0.717) is 19.1 Å². The lowest BCUT2D eigenvalue weighted by Crippen LogP contribution is -2.50. The number of methoxy groups -OCH3 is 1. The molecule has 168 valence electrons. The number of benzene rings is 1. The van der Waals surface area contributed by atoms with Crippen molar-refractivity contribution in [2.45, 2.75) is 38.1 Å². The van der Waals surface area contributed by atoms with Crippen molar-refractivity contribution in [3.63, 3.8) is 0 Å². The molecule has 0 spiro atoms. The van der Waals surface area contributed by atoms with Crippen LogP contribution in [0.4, 0.5) is 8.78 Å². The zero-order valence-corrected chi connectivity index (χ0v) is 17.4. The predicted molar refractivity (Wildman–Crippen MR) is 109 cm³/mol. The zero-order valence-electron chi connectivity index (χ0n) is 17.4. The van der Waals surface area contributed by atoms with E-state index in [1.807, 2.05) is 0 Å². The van der Waals surface area contributed by atoms with E-state index >= 15 is 0 Å². The summed E-state index contributed by atoms with van der Waals surface area (Å²) in [4.78, 5) is 43.0. The monoisotopic (exact) mass is 444 g/mol. The van der Waals surface area contributed by atoms with Crippen LogP contribution in [0.1, 0.15) is 39.3 Å². The first kappa shape index (κ1) is 20.6. The number of hydrogen-bond donors (Lipinski definition) is 1. The van der Waals surface area contributed by atoms with E-state index in [2.05, 4.69) is 10.2 Å². The summed E-state index contributed by atoms with van der Waals surface area (Å²) in [5, 5.41) is 2.49. The van der Waals surface area contributed by atoms with Gasteiger partial charge in [0.2, 0.25) is 5.43 Å².